The third-order valence-corrected chi connectivity index (χ3v) is 4.83. The van der Waals surface area contributed by atoms with Crippen molar-refractivity contribution < 1.29 is 18.0 Å². The Labute approximate surface area is 178 Å². The Kier molecular flexibility index (Phi) is 6.29. The van der Waals surface area contributed by atoms with Crippen molar-refractivity contribution in [3.05, 3.63) is 95.3 Å². The van der Waals surface area contributed by atoms with Gasteiger partial charge in [-0.2, -0.15) is 13.2 Å². The molecule has 2 aromatic carbocycles. The molecular formula is C23H23F3N4O. The van der Waals surface area contributed by atoms with Crippen LogP contribution in [-0.4, -0.2) is 20.9 Å². The number of carbonyl (C=O) groups is 1. The van der Waals surface area contributed by atoms with E-state index in [1.807, 2.05) is 30.3 Å². The number of nitrogens with zero attached hydrogens (tertiary/aromatic N) is 3. The Morgan fingerprint density at radius 2 is 1.87 bits per heavy atom. The SMILES string of the molecule is C=CCc1cc(C(F)(F)F)ccc1C(=O)NC(C)(C)c1cn(Cc2ccccc2)nn1. The number of allylic oxidation sites excluding steroid dienone is 1. The molecule has 1 N–H and O–H groups in total. The molecule has 0 saturated carbocycles. The van der Waals surface area contributed by atoms with Crippen LogP contribution in [-0.2, 0) is 24.7 Å². The van der Waals surface area contributed by atoms with Crippen molar-refractivity contribution in [3.63, 3.8) is 0 Å². The molecule has 3 aromatic rings. The average molecular weight is 428 g/mol. The molecule has 0 unspecified atom stereocenters. The number of aromatic nitrogens is 3. The summed E-state index contributed by atoms with van der Waals surface area (Å²) in [6.07, 6.45) is -1.14. The minimum atomic E-state index is -4.48. The summed E-state index contributed by atoms with van der Waals surface area (Å²) in [5, 5.41) is 11.1. The van der Waals surface area contributed by atoms with Gasteiger partial charge in [0.2, 0.25) is 0 Å². The second-order valence-electron chi connectivity index (χ2n) is 7.73. The first-order chi connectivity index (χ1) is 14.6. The molecule has 0 fully saturated rings. The van der Waals surface area contributed by atoms with Crippen LogP contribution in [0.1, 0.15) is 46.6 Å². The van der Waals surface area contributed by atoms with Crippen LogP contribution in [0.3, 0.4) is 0 Å². The minimum Gasteiger partial charge on any atom is -0.341 e. The molecule has 0 aliphatic carbocycles. The van der Waals surface area contributed by atoms with Crippen LogP contribution in [0, 0.1) is 0 Å². The van der Waals surface area contributed by atoms with E-state index in [1.165, 1.54) is 12.1 Å². The fourth-order valence-corrected chi connectivity index (χ4v) is 3.16. The Morgan fingerprint density at radius 3 is 2.52 bits per heavy atom. The molecule has 31 heavy (non-hydrogen) atoms. The van der Waals surface area contributed by atoms with Crippen LogP contribution in [0.25, 0.3) is 0 Å². The van der Waals surface area contributed by atoms with E-state index in [9.17, 15) is 18.0 Å². The predicted molar refractivity (Wildman–Crippen MR) is 111 cm³/mol. The number of hydrogen-bond donors (Lipinski definition) is 1. The summed E-state index contributed by atoms with van der Waals surface area (Å²) >= 11 is 0. The van der Waals surface area contributed by atoms with Gasteiger partial charge in [-0.25, -0.2) is 4.68 Å². The van der Waals surface area contributed by atoms with Gasteiger partial charge < -0.3 is 5.32 Å². The largest absolute Gasteiger partial charge is 0.416 e. The van der Waals surface area contributed by atoms with Crippen molar-refractivity contribution in [1.82, 2.24) is 20.3 Å². The third kappa shape index (κ3) is 5.39. The monoisotopic (exact) mass is 428 g/mol. The summed E-state index contributed by atoms with van der Waals surface area (Å²) in [6.45, 7) is 7.63. The van der Waals surface area contributed by atoms with E-state index in [0.717, 1.165) is 17.7 Å². The molecule has 0 radical (unpaired) electrons. The average Bonchev–Trinajstić information content (AvgIpc) is 3.17. The lowest BCUT2D eigenvalue weighted by atomic mass is 9.97. The fourth-order valence-electron chi connectivity index (χ4n) is 3.16. The van der Waals surface area contributed by atoms with Crippen LogP contribution >= 0.6 is 0 Å². The minimum absolute atomic E-state index is 0.139. The third-order valence-electron chi connectivity index (χ3n) is 4.83. The highest BCUT2D eigenvalue weighted by molar-refractivity contribution is 5.96. The van der Waals surface area contributed by atoms with Crippen LogP contribution < -0.4 is 5.32 Å². The summed E-state index contributed by atoms with van der Waals surface area (Å²) in [5.74, 6) is -0.492. The molecule has 5 nitrogen and oxygen atoms in total. The highest BCUT2D eigenvalue weighted by atomic mass is 19.4. The van der Waals surface area contributed by atoms with Crippen molar-refractivity contribution in [2.75, 3.05) is 0 Å². The maximum atomic E-state index is 13.0. The Bertz CT molecular complexity index is 1070. The summed E-state index contributed by atoms with van der Waals surface area (Å²) < 4.78 is 40.8. The molecule has 162 valence electrons. The number of amides is 1. The quantitative estimate of drug-likeness (QED) is 0.553. The van der Waals surface area contributed by atoms with E-state index >= 15 is 0 Å². The van der Waals surface area contributed by atoms with Gasteiger partial charge in [-0.05, 0) is 49.6 Å². The molecule has 1 amide bonds. The van der Waals surface area contributed by atoms with Gasteiger partial charge in [0.15, 0.2) is 0 Å². The van der Waals surface area contributed by atoms with Gasteiger partial charge in [0.25, 0.3) is 5.91 Å². The number of rotatable bonds is 7. The molecule has 0 saturated heterocycles. The molecule has 3 rings (SSSR count). The van der Waals surface area contributed by atoms with E-state index in [0.29, 0.717) is 12.2 Å². The van der Waals surface area contributed by atoms with Crippen molar-refractivity contribution in [2.24, 2.45) is 0 Å². The maximum Gasteiger partial charge on any atom is 0.416 e. The van der Waals surface area contributed by atoms with Crippen LogP contribution in [0.4, 0.5) is 13.2 Å². The van der Waals surface area contributed by atoms with E-state index in [1.54, 1.807) is 24.7 Å². The second-order valence-corrected chi connectivity index (χ2v) is 7.73. The number of halogens is 3. The summed E-state index contributed by atoms with van der Waals surface area (Å²) in [5.41, 5.74) is 0.321. The van der Waals surface area contributed by atoms with Gasteiger partial charge in [0, 0.05) is 5.56 Å². The second kappa shape index (κ2) is 8.75. The topological polar surface area (TPSA) is 59.8 Å². The molecule has 0 bridgehead atoms. The Hall–Kier alpha value is -3.42. The van der Waals surface area contributed by atoms with Crippen molar-refractivity contribution in [2.45, 2.75) is 38.5 Å². The Morgan fingerprint density at radius 1 is 1.16 bits per heavy atom. The molecule has 0 atom stereocenters. The predicted octanol–water partition coefficient (Wildman–Crippen LogP) is 4.74. The van der Waals surface area contributed by atoms with Crippen LogP contribution in [0.2, 0.25) is 0 Å². The van der Waals surface area contributed by atoms with Crippen molar-refractivity contribution in [3.8, 4) is 0 Å². The molecule has 1 aromatic heterocycles. The lowest BCUT2D eigenvalue weighted by Crippen LogP contribution is -2.41. The van der Waals surface area contributed by atoms with Gasteiger partial charge >= 0.3 is 6.18 Å². The highest BCUT2D eigenvalue weighted by Gasteiger charge is 2.32. The van der Waals surface area contributed by atoms with Gasteiger partial charge in [-0.1, -0.05) is 41.6 Å². The van der Waals surface area contributed by atoms with Gasteiger partial charge in [0.1, 0.15) is 5.69 Å². The molecule has 0 aliphatic rings. The number of alkyl halides is 3. The van der Waals surface area contributed by atoms with Gasteiger partial charge in [-0.15, -0.1) is 11.7 Å². The zero-order chi connectivity index (χ0) is 22.6. The molecule has 0 spiro atoms. The van der Waals surface area contributed by atoms with E-state index in [2.05, 4.69) is 22.2 Å². The smallest absolute Gasteiger partial charge is 0.341 e. The molecule has 8 heteroatoms. The highest BCUT2D eigenvalue weighted by Crippen LogP contribution is 2.31. The molecule has 0 aliphatic heterocycles. The van der Waals surface area contributed by atoms with Crippen molar-refractivity contribution in [1.29, 1.82) is 0 Å². The van der Waals surface area contributed by atoms with E-state index in [-0.39, 0.29) is 17.5 Å². The molecular weight excluding hydrogens is 405 g/mol. The number of nitrogens with one attached hydrogen (secondary N) is 1. The number of benzene rings is 2. The lowest BCUT2D eigenvalue weighted by Gasteiger charge is -2.24. The normalized spacial score (nSPS) is 11.9. The zero-order valence-corrected chi connectivity index (χ0v) is 17.3. The summed E-state index contributed by atoms with van der Waals surface area (Å²) in [4.78, 5) is 12.9. The van der Waals surface area contributed by atoms with E-state index < -0.39 is 23.2 Å². The fraction of sp³-hybridized carbons (Fsp3) is 0.261. The van der Waals surface area contributed by atoms with Gasteiger partial charge in [0.05, 0.1) is 23.8 Å². The number of carbonyl (C=O) groups excluding carboxylic acids is 1. The maximum absolute atomic E-state index is 13.0. The number of hydrogen-bond acceptors (Lipinski definition) is 3. The summed E-state index contributed by atoms with van der Waals surface area (Å²) in [6, 6.07) is 12.8. The first kappa shape index (κ1) is 22.3. The van der Waals surface area contributed by atoms with Crippen LogP contribution in [0.15, 0.2) is 67.4 Å². The first-order valence-corrected chi connectivity index (χ1v) is 9.68. The molecule has 1 heterocycles. The zero-order valence-electron chi connectivity index (χ0n) is 17.3. The lowest BCUT2D eigenvalue weighted by molar-refractivity contribution is -0.137. The first-order valence-electron chi connectivity index (χ1n) is 9.68. The van der Waals surface area contributed by atoms with E-state index in [4.69, 9.17) is 0 Å². The van der Waals surface area contributed by atoms with Gasteiger partial charge in [-0.3, -0.25) is 4.79 Å². The Balaban J connectivity index is 1.80. The van der Waals surface area contributed by atoms with Crippen LogP contribution in [0.5, 0.6) is 0 Å². The standard InChI is InChI=1S/C23H23F3N4O/c1-4-8-17-13-18(23(24,25)26)11-12-19(17)21(31)27-22(2,3)20-15-30(29-28-20)14-16-9-6-5-7-10-16/h4-7,9-13,15H,1,8,14H2,2-3H3,(H,27,31). The van der Waals surface area contributed by atoms with Crippen molar-refractivity contribution >= 4 is 5.91 Å². The summed E-state index contributed by atoms with van der Waals surface area (Å²) in [7, 11) is 0.